The molecule has 18 heavy (non-hydrogen) atoms. The Kier molecular flexibility index (Phi) is 4.79. The zero-order valence-electron chi connectivity index (χ0n) is 9.61. The molecule has 0 saturated carbocycles. The summed E-state index contributed by atoms with van der Waals surface area (Å²) >= 11 is 6.63. The highest BCUT2D eigenvalue weighted by atomic mass is 79.9. The third-order valence-corrected chi connectivity index (χ3v) is 3.69. The van der Waals surface area contributed by atoms with Crippen LogP contribution in [0.2, 0.25) is 0 Å². The number of hydrogen-bond donors (Lipinski definition) is 2. The van der Waals surface area contributed by atoms with Gasteiger partial charge in [-0.15, -0.1) is 0 Å². The van der Waals surface area contributed by atoms with Gasteiger partial charge in [0.25, 0.3) is 0 Å². The van der Waals surface area contributed by atoms with E-state index in [0.717, 1.165) is 25.2 Å². The van der Waals surface area contributed by atoms with Gasteiger partial charge in [-0.2, -0.15) is 5.10 Å². The summed E-state index contributed by atoms with van der Waals surface area (Å²) in [6.45, 7) is 2.43. The second-order valence-electron chi connectivity index (χ2n) is 3.85. The maximum absolute atomic E-state index is 9.60. The van der Waals surface area contributed by atoms with Gasteiger partial charge in [0.05, 0.1) is 15.5 Å². The van der Waals surface area contributed by atoms with Crippen molar-refractivity contribution in [3.8, 4) is 5.75 Å². The van der Waals surface area contributed by atoms with Crippen molar-refractivity contribution in [2.45, 2.75) is 13.1 Å². The number of phenols is 1. The van der Waals surface area contributed by atoms with Crippen molar-refractivity contribution in [1.29, 1.82) is 0 Å². The summed E-state index contributed by atoms with van der Waals surface area (Å²) < 4.78 is 3.27. The Balaban J connectivity index is 1.83. The van der Waals surface area contributed by atoms with Gasteiger partial charge >= 0.3 is 0 Å². The van der Waals surface area contributed by atoms with Crippen molar-refractivity contribution in [1.82, 2.24) is 15.1 Å². The summed E-state index contributed by atoms with van der Waals surface area (Å²) in [5, 5.41) is 17.1. The lowest BCUT2D eigenvalue weighted by molar-refractivity contribution is 0.468. The number of aromatic nitrogens is 2. The number of aromatic hydroxyl groups is 1. The van der Waals surface area contributed by atoms with Crippen molar-refractivity contribution in [3.63, 3.8) is 0 Å². The van der Waals surface area contributed by atoms with Crippen LogP contribution in [0.1, 0.15) is 5.56 Å². The molecule has 0 aliphatic heterocycles. The van der Waals surface area contributed by atoms with Crippen LogP contribution in [0, 0.1) is 0 Å². The van der Waals surface area contributed by atoms with Gasteiger partial charge in [0.1, 0.15) is 5.75 Å². The fourth-order valence-electron chi connectivity index (χ4n) is 1.58. The molecule has 2 aromatic rings. The molecule has 0 aliphatic carbocycles. The van der Waals surface area contributed by atoms with Crippen LogP contribution < -0.4 is 5.32 Å². The van der Waals surface area contributed by atoms with Crippen LogP contribution in [0.25, 0.3) is 0 Å². The monoisotopic (exact) mass is 373 g/mol. The number of halogens is 2. The lowest BCUT2D eigenvalue weighted by Crippen LogP contribution is -2.19. The first-order valence-corrected chi connectivity index (χ1v) is 7.10. The number of rotatable bonds is 5. The third-order valence-electron chi connectivity index (χ3n) is 2.48. The molecule has 1 heterocycles. The van der Waals surface area contributed by atoms with E-state index in [2.05, 4.69) is 42.3 Å². The molecule has 6 heteroatoms. The Morgan fingerprint density at radius 1 is 1.28 bits per heavy atom. The third kappa shape index (κ3) is 3.57. The normalized spacial score (nSPS) is 10.8. The number of nitrogens with one attached hydrogen (secondary N) is 1. The molecule has 0 amide bonds. The van der Waals surface area contributed by atoms with E-state index in [1.165, 1.54) is 0 Å². The first kappa shape index (κ1) is 13.6. The minimum Gasteiger partial charge on any atom is -0.506 e. The first-order valence-electron chi connectivity index (χ1n) is 5.52. The summed E-state index contributed by atoms with van der Waals surface area (Å²) in [6, 6.07) is 5.72. The molecule has 0 atom stereocenters. The topological polar surface area (TPSA) is 50.1 Å². The molecule has 1 aromatic carbocycles. The Labute approximate surface area is 122 Å². The highest BCUT2D eigenvalue weighted by molar-refractivity contribution is 9.11. The molecule has 0 aliphatic rings. The largest absolute Gasteiger partial charge is 0.506 e. The summed E-state index contributed by atoms with van der Waals surface area (Å²) in [5.41, 5.74) is 1.10. The van der Waals surface area contributed by atoms with Gasteiger partial charge in [-0.3, -0.25) is 4.68 Å². The average molecular weight is 375 g/mol. The lowest BCUT2D eigenvalue weighted by Gasteiger charge is -2.08. The molecule has 96 valence electrons. The smallest absolute Gasteiger partial charge is 0.143 e. The molecular weight excluding hydrogens is 362 g/mol. The Hall–Kier alpha value is -0.850. The summed E-state index contributed by atoms with van der Waals surface area (Å²) in [6.07, 6.45) is 3.71. The molecule has 0 spiro atoms. The van der Waals surface area contributed by atoms with E-state index in [9.17, 15) is 5.11 Å². The molecule has 2 rings (SSSR count). The van der Waals surface area contributed by atoms with Crippen LogP contribution in [-0.4, -0.2) is 21.4 Å². The van der Waals surface area contributed by atoms with E-state index in [1.807, 2.05) is 29.1 Å². The van der Waals surface area contributed by atoms with Crippen LogP contribution in [-0.2, 0) is 13.1 Å². The predicted molar refractivity (Wildman–Crippen MR) is 77.4 cm³/mol. The van der Waals surface area contributed by atoms with Gasteiger partial charge in [-0.25, -0.2) is 0 Å². The number of benzene rings is 1. The van der Waals surface area contributed by atoms with Crippen LogP contribution in [0.5, 0.6) is 5.75 Å². The molecule has 0 unspecified atom stereocenters. The second kappa shape index (κ2) is 6.36. The van der Waals surface area contributed by atoms with E-state index in [1.54, 1.807) is 6.20 Å². The SMILES string of the molecule is Oc1c(Br)cc(CNCCn2cccn2)cc1Br. The van der Waals surface area contributed by atoms with E-state index in [-0.39, 0.29) is 5.75 Å². The fraction of sp³-hybridized carbons (Fsp3) is 0.250. The van der Waals surface area contributed by atoms with Gasteiger partial charge < -0.3 is 10.4 Å². The summed E-state index contributed by atoms with van der Waals surface area (Å²) in [4.78, 5) is 0. The molecule has 1 aromatic heterocycles. The van der Waals surface area contributed by atoms with Gasteiger partial charge in [-0.05, 0) is 55.6 Å². The minimum absolute atomic E-state index is 0.232. The first-order chi connectivity index (χ1) is 8.66. The number of nitrogens with zero attached hydrogens (tertiary/aromatic N) is 2. The Morgan fingerprint density at radius 3 is 2.61 bits per heavy atom. The predicted octanol–water partition coefficient (Wildman–Crippen LogP) is 2.90. The zero-order chi connectivity index (χ0) is 13.0. The van der Waals surface area contributed by atoms with Gasteiger partial charge in [0.15, 0.2) is 0 Å². The van der Waals surface area contributed by atoms with E-state index >= 15 is 0 Å². The van der Waals surface area contributed by atoms with E-state index < -0.39 is 0 Å². The van der Waals surface area contributed by atoms with Crippen molar-refractivity contribution < 1.29 is 5.11 Å². The highest BCUT2D eigenvalue weighted by Gasteiger charge is 2.05. The zero-order valence-corrected chi connectivity index (χ0v) is 12.8. The van der Waals surface area contributed by atoms with Crippen molar-refractivity contribution in [3.05, 3.63) is 45.1 Å². The molecule has 0 fully saturated rings. The van der Waals surface area contributed by atoms with Crippen LogP contribution in [0.4, 0.5) is 0 Å². The summed E-state index contributed by atoms with van der Waals surface area (Å²) in [5.74, 6) is 0.232. The maximum Gasteiger partial charge on any atom is 0.143 e. The van der Waals surface area contributed by atoms with E-state index in [4.69, 9.17) is 0 Å². The lowest BCUT2D eigenvalue weighted by atomic mass is 10.2. The molecule has 2 N–H and O–H groups in total. The van der Waals surface area contributed by atoms with Crippen molar-refractivity contribution in [2.75, 3.05) is 6.54 Å². The molecule has 4 nitrogen and oxygen atoms in total. The van der Waals surface area contributed by atoms with Gasteiger partial charge in [0.2, 0.25) is 0 Å². The summed E-state index contributed by atoms with van der Waals surface area (Å²) in [7, 11) is 0. The quantitative estimate of drug-likeness (QED) is 0.791. The van der Waals surface area contributed by atoms with Crippen LogP contribution in [0.15, 0.2) is 39.5 Å². The Morgan fingerprint density at radius 2 is 2.00 bits per heavy atom. The average Bonchev–Trinajstić information content (AvgIpc) is 2.84. The minimum atomic E-state index is 0.232. The molecule has 0 bridgehead atoms. The number of phenolic OH excluding ortho intramolecular Hbond substituents is 1. The Bertz CT molecular complexity index is 491. The van der Waals surface area contributed by atoms with Crippen LogP contribution in [0.3, 0.4) is 0 Å². The van der Waals surface area contributed by atoms with Crippen molar-refractivity contribution in [2.24, 2.45) is 0 Å². The maximum atomic E-state index is 9.60. The molecule has 0 saturated heterocycles. The standard InChI is InChI=1S/C12H13Br2N3O/c13-10-6-9(7-11(14)12(10)18)8-15-3-5-17-4-1-2-16-17/h1-2,4,6-7,15,18H,3,5,8H2. The second-order valence-corrected chi connectivity index (χ2v) is 5.56. The van der Waals surface area contributed by atoms with Crippen molar-refractivity contribution >= 4 is 31.9 Å². The van der Waals surface area contributed by atoms with Gasteiger partial charge in [-0.1, -0.05) is 0 Å². The van der Waals surface area contributed by atoms with Gasteiger partial charge in [0, 0.05) is 25.5 Å². The highest BCUT2D eigenvalue weighted by Crippen LogP contribution is 2.33. The fourth-order valence-corrected chi connectivity index (χ4v) is 2.86. The number of hydrogen-bond acceptors (Lipinski definition) is 3. The van der Waals surface area contributed by atoms with Crippen LogP contribution >= 0.6 is 31.9 Å². The molecular formula is C12H13Br2N3O. The van der Waals surface area contributed by atoms with E-state index in [0.29, 0.717) is 8.95 Å². The molecule has 0 radical (unpaired) electrons.